The molecule has 0 aliphatic rings. The predicted molar refractivity (Wildman–Crippen MR) is 276 cm³/mol. The van der Waals surface area contributed by atoms with Crippen LogP contribution in [0.1, 0.15) is 33.4 Å². The average molecular weight is 1050 g/mol. The fourth-order valence-electron chi connectivity index (χ4n) is 8.83. The quantitative estimate of drug-likeness (QED) is 0.120. The summed E-state index contributed by atoms with van der Waals surface area (Å²) in [4.78, 5) is 14.0. The Kier molecular flexibility index (Phi) is 14.1. The summed E-state index contributed by atoms with van der Waals surface area (Å²) in [5.74, 6) is 0.260. The summed E-state index contributed by atoms with van der Waals surface area (Å²) in [6.07, 6.45) is 3.32. The Balaban J connectivity index is 0.00000608. The van der Waals surface area contributed by atoms with Crippen molar-refractivity contribution in [1.82, 2.24) is 0 Å². The number of para-hydroxylation sites is 6. The van der Waals surface area contributed by atoms with E-state index in [0.29, 0.717) is 22.5 Å². The zero-order valence-corrected chi connectivity index (χ0v) is 40.1. The van der Waals surface area contributed by atoms with E-state index in [0.717, 1.165) is 78.6 Å². The molecule has 2 N–H and O–H groups in total. The first kappa shape index (κ1) is 45.8. The van der Waals surface area contributed by atoms with E-state index >= 15 is 0 Å². The van der Waals surface area contributed by atoms with Crippen LogP contribution in [0.4, 0.5) is 45.5 Å². The van der Waals surface area contributed by atoms with Gasteiger partial charge in [0.25, 0.3) is 0 Å². The molecule has 0 unspecified atom stereocenters. The van der Waals surface area contributed by atoms with Gasteiger partial charge >= 0.3 is 0 Å². The Morgan fingerprint density at radius 2 is 0.627 bits per heavy atom. The van der Waals surface area contributed by atoms with Crippen molar-refractivity contribution in [3.63, 3.8) is 0 Å². The van der Waals surface area contributed by atoms with Gasteiger partial charge in [0, 0.05) is 78.7 Å². The summed E-state index contributed by atoms with van der Waals surface area (Å²) in [6.45, 7) is 8.46. The molecule has 0 saturated heterocycles. The normalized spacial score (nSPS) is 11.2. The van der Waals surface area contributed by atoms with Crippen LogP contribution in [0.3, 0.4) is 0 Å². The number of phenolic OH excluding ortho intramolecular Hbond substituents is 2. The summed E-state index contributed by atoms with van der Waals surface area (Å²) in [5, 5.41) is 22.6. The topological polar surface area (TPSA) is 71.7 Å². The Bertz CT molecular complexity index is 2870. The molecule has 0 fully saturated rings. The molecule has 0 radical (unpaired) electrons. The average Bonchev–Trinajstić information content (AvgIpc) is 3.32. The third-order valence-electron chi connectivity index (χ3n) is 11.8. The molecule has 9 aromatic rings. The smallest absolute Gasteiger partial charge is 0.124 e. The second-order valence-corrected chi connectivity index (χ2v) is 16.5. The van der Waals surface area contributed by atoms with E-state index in [9.17, 15) is 10.2 Å². The SMILES string of the molecule is Cc1cc(N(c2ccccc2)c2ccccc2)cc(C)c1-c1ccc(C=Nc2ccccc2N=Cc2ccc(-c3c(C)cc(N(c4ccccc4)c4ccccc4)cc3C)cc2O)c(O)c1.[Pt]. The molecule has 0 bridgehead atoms. The van der Waals surface area contributed by atoms with Crippen molar-refractivity contribution in [3.8, 4) is 33.8 Å². The van der Waals surface area contributed by atoms with Gasteiger partial charge in [0.2, 0.25) is 0 Å². The molecule has 6 nitrogen and oxygen atoms in total. The van der Waals surface area contributed by atoms with Crippen LogP contribution in [0.15, 0.2) is 216 Å². The molecule has 0 aliphatic carbocycles. The standard InChI is InChI=1S/C60H50N4O2.Pt/c1-41-33-53(63(49-19-9-5-10-20-49)50-21-11-6-12-22-50)34-42(2)59(41)45-29-31-47(57(65)37-45)39-61-55-27-17-18-28-56(55)62-40-48-32-30-46(38-58(48)66)60-43(3)35-54(36-44(60)4)64(51-23-13-7-14-24-51)52-25-15-8-16-26-52;/h5-40,65-66H,1-4H3;. The first-order chi connectivity index (χ1) is 32.2. The summed E-state index contributed by atoms with van der Waals surface area (Å²) < 4.78 is 0. The molecule has 9 aromatic carbocycles. The van der Waals surface area contributed by atoms with Crippen molar-refractivity contribution in [2.75, 3.05) is 9.80 Å². The van der Waals surface area contributed by atoms with Gasteiger partial charge in [0.15, 0.2) is 0 Å². The minimum Gasteiger partial charge on any atom is -0.507 e. The summed E-state index contributed by atoms with van der Waals surface area (Å²) in [5.41, 5.74) is 17.3. The summed E-state index contributed by atoms with van der Waals surface area (Å²) in [6, 6.07) is 69.3. The van der Waals surface area contributed by atoms with E-state index in [1.807, 2.05) is 72.8 Å². The van der Waals surface area contributed by atoms with E-state index in [-0.39, 0.29) is 32.6 Å². The van der Waals surface area contributed by atoms with E-state index in [4.69, 9.17) is 9.98 Å². The second-order valence-electron chi connectivity index (χ2n) is 16.5. The van der Waals surface area contributed by atoms with Crippen molar-refractivity contribution in [2.24, 2.45) is 9.98 Å². The maximum atomic E-state index is 11.3. The molecule has 0 aliphatic heterocycles. The van der Waals surface area contributed by atoms with Gasteiger partial charge in [0.05, 0.1) is 11.4 Å². The van der Waals surface area contributed by atoms with Crippen molar-refractivity contribution in [3.05, 3.63) is 240 Å². The number of hydrogen-bond acceptors (Lipinski definition) is 6. The molecular formula is C60H50N4O2Pt. The van der Waals surface area contributed by atoms with Crippen LogP contribution < -0.4 is 9.80 Å². The van der Waals surface area contributed by atoms with Crippen LogP contribution in [0, 0.1) is 27.7 Å². The zero-order chi connectivity index (χ0) is 45.6. The largest absolute Gasteiger partial charge is 0.507 e. The number of nitrogens with zero attached hydrogens (tertiary/aromatic N) is 4. The first-order valence-electron chi connectivity index (χ1n) is 22.1. The summed E-state index contributed by atoms with van der Waals surface area (Å²) >= 11 is 0. The number of phenols is 2. The van der Waals surface area contributed by atoms with Gasteiger partial charge in [0.1, 0.15) is 11.5 Å². The Morgan fingerprint density at radius 1 is 0.343 bits per heavy atom. The minimum absolute atomic E-state index is 0. The Labute approximate surface area is 407 Å². The van der Waals surface area contributed by atoms with E-state index in [1.165, 1.54) is 0 Å². The van der Waals surface area contributed by atoms with Crippen LogP contribution in [0.5, 0.6) is 11.5 Å². The van der Waals surface area contributed by atoms with E-state index < -0.39 is 0 Å². The van der Waals surface area contributed by atoms with Crippen LogP contribution >= 0.6 is 0 Å². The van der Waals surface area contributed by atoms with Crippen LogP contribution in [-0.2, 0) is 21.1 Å². The number of anilines is 6. The van der Waals surface area contributed by atoms with Crippen LogP contribution in [-0.4, -0.2) is 22.6 Å². The van der Waals surface area contributed by atoms with Crippen molar-refractivity contribution < 1.29 is 31.3 Å². The first-order valence-corrected chi connectivity index (χ1v) is 22.1. The Hall–Kier alpha value is -7.79. The van der Waals surface area contributed by atoms with E-state index in [2.05, 4.69) is 159 Å². The number of aromatic hydroxyl groups is 2. The molecule has 0 spiro atoms. The molecular weight excluding hydrogens is 1000 g/mol. The van der Waals surface area contributed by atoms with Gasteiger partial charge < -0.3 is 20.0 Å². The van der Waals surface area contributed by atoms with Gasteiger partial charge in [-0.2, -0.15) is 0 Å². The molecule has 7 heteroatoms. The van der Waals surface area contributed by atoms with Crippen LogP contribution in [0.25, 0.3) is 22.3 Å². The van der Waals surface area contributed by atoms with Gasteiger partial charge in [-0.25, -0.2) is 0 Å². The third kappa shape index (κ3) is 10.1. The Morgan fingerprint density at radius 3 is 0.910 bits per heavy atom. The maximum absolute atomic E-state index is 11.3. The van der Waals surface area contributed by atoms with Gasteiger partial charge in [-0.1, -0.05) is 97.1 Å². The second kappa shape index (κ2) is 20.6. The zero-order valence-electron chi connectivity index (χ0n) is 37.8. The molecule has 0 amide bonds. The van der Waals surface area contributed by atoms with Crippen LogP contribution in [0.2, 0.25) is 0 Å². The monoisotopic (exact) mass is 1050 g/mol. The van der Waals surface area contributed by atoms with Gasteiger partial charge in [-0.15, -0.1) is 0 Å². The predicted octanol–water partition coefficient (Wildman–Crippen LogP) is 16.1. The third-order valence-corrected chi connectivity index (χ3v) is 11.8. The van der Waals surface area contributed by atoms with Crippen molar-refractivity contribution in [1.29, 1.82) is 0 Å². The molecule has 0 saturated carbocycles. The van der Waals surface area contributed by atoms with Gasteiger partial charge in [-0.05, 0) is 181 Å². The number of aryl methyl sites for hydroxylation is 4. The summed E-state index contributed by atoms with van der Waals surface area (Å²) in [7, 11) is 0. The van der Waals surface area contributed by atoms with Gasteiger partial charge in [-0.3, -0.25) is 9.98 Å². The fourth-order valence-corrected chi connectivity index (χ4v) is 8.83. The van der Waals surface area contributed by atoms with Crippen molar-refractivity contribution in [2.45, 2.75) is 27.7 Å². The maximum Gasteiger partial charge on any atom is 0.124 e. The number of benzene rings is 9. The molecule has 332 valence electrons. The molecule has 67 heavy (non-hydrogen) atoms. The molecule has 0 atom stereocenters. The molecule has 0 heterocycles. The molecule has 9 rings (SSSR count). The number of rotatable bonds is 12. The molecule has 0 aromatic heterocycles. The van der Waals surface area contributed by atoms with Crippen molar-refractivity contribution >= 4 is 57.9 Å². The number of aliphatic imine (C=N–C) groups is 2. The fraction of sp³-hybridized carbons (Fsp3) is 0.0667. The number of hydrogen-bond donors (Lipinski definition) is 2. The minimum atomic E-state index is 0. The van der Waals surface area contributed by atoms with E-state index in [1.54, 1.807) is 24.6 Å².